The topological polar surface area (TPSA) is 24.5 Å². The number of hydrogen-bond donors (Lipinski definition) is 1. The molecule has 3 nitrogen and oxygen atoms in total. The van der Waals surface area contributed by atoms with E-state index in [-0.39, 0.29) is 0 Å². The Labute approximate surface area is 118 Å². The van der Waals surface area contributed by atoms with Gasteiger partial charge in [0.2, 0.25) is 0 Å². The standard InChI is InChI=1S/C16H28N2O/c1-6-17-16(13(2)11-12-19-5)14-7-9-15(10-8-14)18(3)4/h7-10,13,16-17H,6,11-12H2,1-5H3. The van der Waals surface area contributed by atoms with Crippen molar-refractivity contribution in [2.75, 3.05) is 39.3 Å². The summed E-state index contributed by atoms with van der Waals surface area (Å²) in [5, 5.41) is 3.59. The van der Waals surface area contributed by atoms with Crippen LogP contribution < -0.4 is 10.2 Å². The number of nitrogens with one attached hydrogen (secondary N) is 1. The molecule has 0 aliphatic carbocycles. The molecule has 0 saturated carbocycles. The van der Waals surface area contributed by atoms with Crippen LogP contribution in [0.1, 0.15) is 31.9 Å². The van der Waals surface area contributed by atoms with Crippen LogP contribution in [-0.4, -0.2) is 34.4 Å². The van der Waals surface area contributed by atoms with Crippen LogP contribution in [0.5, 0.6) is 0 Å². The lowest BCUT2D eigenvalue weighted by molar-refractivity contribution is 0.170. The highest BCUT2D eigenvalue weighted by Gasteiger charge is 2.18. The fraction of sp³-hybridized carbons (Fsp3) is 0.625. The molecule has 1 rings (SSSR count). The zero-order valence-corrected chi connectivity index (χ0v) is 12.9. The molecule has 3 heteroatoms. The molecule has 0 aromatic heterocycles. The van der Waals surface area contributed by atoms with Crippen molar-refractivity contribution in [1.82, 2.24) is 5.32 Å². The maximum absolute atomic E-state index is 5.19. The minimum atomic E-state index is 0.399. The van der Waals surface area contributed by atoms with E-state index in [2.05, 4.69) is 62.4 Å². The van der Waals surface area contributed by atoms with E-state index in [1.165, 1.54) is 11.3 Å². The van der Waals surface area contributed by atoms with Crippen molar-refractivity contribution in [3.63, 3.8) is 0 Å². The summed E-state index contributed by atoms with van der Waals surface area (Å²) in [4.78, 5) is 2.13. The molecular weight excluding hydrogens is 236 g/mol. The normalized spacial score (nSPS) is 14.2. The van der Waals surface area contributed by atoms with E-state index in [4.69, 9.17) is 4.74 Å². The van der Waals surface area contributed by atoms with Gasteiger partial charge in [-0.2, -0.15) is 0 Å². The Kier molecular flexibility index (Phi) is 6.89. The van der Waals surface area contributed by atoms with Gasteiger partial charge in [0.15, 0.2) is 0 Å². The van der Waals surface area contributed by atoms with Crippen LogP contribution in [0, 0.1) is 5.92 Å². The summed E-state index contributed by atoms with van der Waals surface area (Å²) >= 11 is 0. The van der Waals surface area contributed by atoms with E-state index < -0.39 is 0 Å². The van der Waals surface area contributed by atoms with Gasteiger partial charge in [-0.05, 0) is 36.6 Å². The number of benzene rings is 1. The molecule has 0 saturated heterocycles. The lowest BCUT2D eigenvalue weighted by Crippen LogP contribution is -2.27. The molecule has 108 valence electrons. The molecule has 0 fully saturated rings. The number of rotatable bonds is 8. The van der Waals surface area contributed by atoms with Crippen molar-refractivity contribution < 1.29 is 4.74 Å². The van der Waals surface area contributed by atoms with Crippen molar-refractivity contribution in [2.45, 2.75) is 26.3 Å². The zero-order valence-electron chi connectivity index (χ0n) is 12.9. The predicted molar refractivity (Wildman–Crippen MR) is 82.8 cm³/mol. The first-order valence-electron chi connectivity index (χ1n) is 7.09. The summed E-state index contributed by atoms with van der Waals surface area (Å²) in [6, 6.07) is 9.22. The summed E-state index contributed by atoms with van der Waals surface area (Å²) in [6.07, 6.45) is 1.07. The monoisotopic (exact) mass is 264 g/mol. The fourth-order valence-electron chi connectivity index (χ4n) is 2.32. The highest BCUT2D eigenvalue weighted by atomic mass is 16.5. The molecule has 0 radical (unpaired) electrons. The van der Waals surface area contributed by atoms with Crippen LogP contribution in [0.3, 0.4) is 0 Å². The van der Waals surface area contributed by atoms with Gasteiger partial charge in [-0.25, -0.2) is 0 Å². The zero-order chi connectivity index (χ0) is 14.3. The van der Waals surface area contributed by atoms with E-state index in [1.807, 2.05) is 0 Å². The highest BCUT2D eigenvalue weighted by Crippen LogP contribution is 2.26. The minimum absolute atomic E-state index is 0.399. The van der Waals surface area contributed by atoms with Crippen LogP contribution in [0.25, 0.3) is 0 Å². The van der Waals surface area contributed by atoms with Crippen LogP contribution >= 0.6 is 0 Å². The van der Waals surface area contributed by atoms with E-state index in [1.54, 1.807) is 7.11 Å². The third-order valence-corrected chi connectivity index (χ3v) is 3.54. The van der Waals surface area contributed by atoms with Gasteiger partial charge in [0.25, 0.3) is 0 Å². The number of methoxy groups -OCH3 is 1. The molecule has 0 aliphatic heterocycles. The smallest absolute Gasteiger partial charge is 0.0465 e. The second-order valence-electron chi connectivity index (χ2n) is 5.28. The number of hydrogen-bond acceptors (Lipinski definition) is 3. The molecule has 1 N–H and O–H groups in total. The van der Waals surface area contributed by atoms with Gasteiger partial charge < -0.3 is 15.0 Å². The Morgan fingerprint density at radius 2 is 1.84 bits per heavy atom. The van der Waals surface area contributed by atoms with Crippen molar-refractivity contribution >= 4 is 5.69 Å². The second kappa shape index (κ2) is 8.18. The minimum Gasteiger partial charge on any atom is -0.385 e. The first-order chi connectivity index (χ1) is 9.10. The first kappa shape index (κ1) is 16.0. The molecule has 0 heterocycles. The van der Waals surface area contributed by atoms with Crippen LogP contribution in [0.4, 0.5) is 5.69 Å². The predicted octanol–water partition coefficient (Wildman–Crippen LogP) is 3.08. The van der Waals surface area contributed by atoms with Crippen LogP contribution in [0.2, 0.25) is 0 Å². The third-order valence-electron chi connectivity index (χ3n) is 3.54. The molecule has 0 aliphatic rings. The van der Waals surface area contributed by atoms with E-state index >= 15 is 0 Å². The lowest BCUT2D eigenvalue weighted by Gasteiger charge is -2.26. The number of ether oxygens (including phenoxy) is 1. The van der Waals surface area contributed by atoms with Crippen LogP contribution in [0.15, 0.2) is 24.3 Å². The molecular formula is C16H28N2O. The SMILES string of the molecule is CCNC(c1ccc(N(C)C)cc1)C(C)CCOC. The number of anilines is 1. The maximum Gasteiger partial charge on any atom is 0.0465 e. The van der Waals surface area contributed by atoms with Gasteiger partial charge in [-0.1, -0.05) is 26.0 Å². The van der Waals surface area contributed by atoms with Crippen LogP contribution in [-0.2, 0) is 4.74 Å². The molecule has 0 spiro atoms. The second-order valence-corrected chi connectivity index (χ2v) is 5.28. The fourth-order valence-corrected chi connectivity index (χ4v) is 2.32. The van der Waals surface area contributed by atoms with Gasteiger partial charge in [0.05, 0.1) is 0 Å². The van der Waals surface area contributed by atoms with E-state index in [0.29, 0.717) is 12.0 Å². The molecule has 0 bridgehead atoms. The van der Waals surface area contributed by atoms with E-state index in [9.17, 15) is 0 Å². The van der Waals surface area contributed by atoms with Crippen molar-refractivity contribution in [2.24, 2.45) is 5.92 Å². The third kappa shape index (κ3) is 4.84. The summed E-state index contributed by atoms with van der Waals surface area (Å²) < 4.78 is 5.19. The van der Waals surface area contributed by atoms with Crippen molar-refractivity contribution in [3.05, 3.63) is 29.8 Å². The highest BCUT2D eigenvalue weighted by molar-refractivity contribution is 5.46. The van der Waals surface area contributed by atoms with Crippen molar-refractivity contribution in [3.8, 4) is 0 Å². The van der Waals surface area contributed by atoms with Gasteiger partial charge in [-0.3, -0.25) is 0 Å². The summed E-state index contributed by atoms with van der Waals surface area (Å²) in [7, 11) is 5.90. The van der Waals surface area contributed by atoms with Crippen molar-refractivity contribution in [1.29, 1.82) is 0 Å². The molecule has 1 aromatic rings. The summed E-state index contributed by atoms with van der Waals surface area (Å²) in [5.41, 5.74) is 2.60. The Morgan fingerprint density at radius 1 is 1.21 bits per heavy atom. The molecule has 0 amide bonds. The van der Waals surface area contributed by atoms with E-state index in [0.717, 1.165) is 19.6 Å². The largest absolute Gasteiger partial charge is 0.385 e. The maximum atomic E-state index is 5.19. The summed E-state index contributed by atoms with van der Waals surface area (Å²) in [6.45, 7) is 6.24. The molecule has 2 atom stereocenters. The molecule has 2 unspecified atom stereocenters. The summed E-state index contributed by atoms with van der Waals surface area (Å²) in [5.74, 6) is 0.560. The first-order valence-corrected chi connectivity index (χ1v) is 7.09. The number of nitrogens with zero attached hydrogens (tertiary/aromatic N) is 1. The Bertz CT molecular complexity index is 348. The Morgan fingerprint density at radius 3 is 2.32 bits per heavy atom. The average Bonchev–Trinajstić information content (AvgIpc) is 2.42. The Balaban J connectivity index is 2.79. The quantitative estimate of drug-likeness (QED) is 0.781. The Hall–Kier alpha value is -1.06. The van der Waals surface area contributed by atoms with Gasteiger partial charge >= 0.3 is 0 Å². The molecule has 1 aromatic carbocycles. The van der Waals surface area contributed by atoms with Gasteiger partial charge in [0, 0.05) is 39.5 Å². The average molecular weight is 264 g/mol. The molecule has 19 heavy (non-hydrogen) atoms. The van der Waals surface area contributed by atoms with Gasteiger partial charge in [0.1, 0.15) is 0 Å². The van der Waals surface area contributed by atoms with Gasteiger partial charge in [-0.15, -0.1) is 0 Å². The lowest BCUT2D eigenvalue weighted by atomic mass is 9.92.